The van der Waals surface area contributed by atoms with E-state index in [0.717, 1.165) is 38.9 Å². The Morgan fingerprint density at radius 1 is 1.21 bits per heavy atom. The predicted octanol–water partition coefficient (Wildman–Crippen LogP) is 3.54. The highest BCUT2D eigenvalue weighted by Crippen LogP contribution is 2.24. The van der Waals surface area contributed by atoms with E-state index < -0.39 is 17.8 Å². The Labute approximate surface area is 221 Å². The quantitative estimate of drug-likeness (QED) is 0.377. The molecule has 2 aromatic heterocycles. The van der Waals surface area contributed by atoms with Crippen LogP contribution in [-0.2, 0) is 11.2 Å². The summed E-state index contributed by atoms with van der Waals surface area (Å²) in [5.41, 5.74) is 0.280. The van der Waals surface area contributed by atoms with Crippen LogP contribution < -0.4 is 10.1 Å². The number of hydrogen-bond acceptors (Lipinski definition) is 8. The number of aryl methyl sites for hydroxylation is 1. The summed E-state index contributed by atoms with van der Waals surface area (Å²) < 4.78 is 30.6. The maximum atomic E-state index is 14.6. The van der Waals surface area contributed by atoms with Gasteiger partial charge in [-0.3, -0.25) is 9.59 Å². The van der Waals surface area contributed by atoms with E-state index in [2.05, 4.69) is 20.4 Å². The molecule has 0 saturated carbocycles. The van der Waals surface area contributed by atoms with Crippen molar-refractivity contribution in [3.63, 3.8) is 0 Å². The summed E-state index contributed by atoms with van der Waals surface area (Å²) in [5, 5.41) is 6.56. The summed E-state index contributed by atoms with van der Waals surface area (Å²) in [6.07, 6.45) is 4.55. The lowest BCUT2D eigenvalue weighted by Gasteiger charge is -2.25. The Kier molecular flexibility index (Phi) is 9.47. The second-order valence-electron chi connectivity index (χ2n) is 9.30. The Bertz CT molecular complexity index is 1200. The number of rotatable bonds is 11. The van der Waals surface area contributed by atoms with Crippen LogP contribution in [0.4, 0.5) is 4.39 Å². The van der Waals surface area contributed by atoms with Gasteiger partial charge in [-0.15, -0.1) is 0 Å². The minimum absolute atomic E-state index is 0.108. The molecule has 1 aromatic carbocycles. The molecule has 38 heavy (non-hydrogen) atoms. The number of aromatic nitrogens is 2. The number of nitrogens with zero attached hydrogens (tertiary/aromatic N) is 4. The lowest BCUT2D eigenvalue weighted by atomic mass is 10.2. The van der Waals surface area contributed by atoms with Gasteiger partial charge in [0.1, 0.15) is 17.6 Å². The van der Waals surface area contributed by atoms with Crippen LogP contribution in [0.15, 0.2) is 45.5 Å². The zero-order valence-corrected chi connectivity index (χ0v) is 21.8. The van der Waals surface area contributed by atoms with Crippen LogP contribution in [-0.4, -0.2) is 77.1 Å². The lowest BCUT2D eigenvalue weighted by molar-refractivity contribution is -0.132. The number of ether oxygens (including phenoxy) is 1. The number of benzene rings is 1. The molecule has 3 aromatic rings. The van der Waals surface area contributed by atoms with E-state index in [1.807, 2.05) is 6.92 Å². The minimum Gasteiger partial charge on any atom is -0.493 e. The van der Waals surface area contributed by atoms with E-state index >= 15 is 0 Å². The monoisotopic (exact) mass is 527 g/mol. The van der Waals surface area contributed by atoms with E-state index in [-0.39, 0.29) is 23.1 Å². The largest absolute Gasteiger partial charge is 0.493 e. The molecule has 1 aliphatic heterocycles. The van der Waals surface area contributed by atoms with Gasteiger partial charge in [0.05, 0.1) is 18.4 Å². The van der Waals surface area contributed by atoms with Gasteiger partial charge in [0.2, 0.25) is 17.6 Å². The fourth-order valence-corrected chi connectivity index (χ4v) is 4.35. The standard InChI is InChI=1S/C27H34FN5O5/c1-3-7-24-30-25(31-38-24)21-10-9-20(18-22(21)28)36-17-6-12-32-11-5-13-33(15-14-32)27(35)19(2)29-26(34)23-8-4-16-37-23/h4,8-10,16,18-19H,3,5-7,11-15,17H2,1-2H3,(H,29,34)/t19-/m0/s1. The van der Waals surface area contributed by atoms with Crippen LogP contribution in [0.1, 0.15) is 49.6 Å². The van der Waals surface area contributed by atoms with Crippen molar-refractivity contribution in [2.45, 2.75) is 45.6 Å². The zero-order chi connectivity index (χ0) is 26.9. The van der Waals surface area contributed by atoms with Gasteiger partial charge in [-0.1, -0.05) is 12.1 Å². The molecule has 1 aliphatic rings. The first kappa shape index (κ1) is 27.3. The van der Waals surface area contributed by atoms with Gasteiger partial charge in [-0.05, 0) is 57.0 Å². The van der Waals surface area contributed by atoms with Gasteiger partial charge in [-0.25, -0.2) is 4.39 Å². The molecule has 0 radical (unpaired) electrons. The first-order valence-electron chi connectivity index (χ1n) is 13.1. The molecule has 0 unspecified atom stereocenters. The molecule has 1 N–H and O–H groups in total. The van der Waals surface area contributed by atoms with Gasteiger partial charge >= 0.3 is 0 Å². The van der Waals surface area contributed by atoms with Crippen LogP contribution in [0.25, 0.3) is 11.4 Å². The van der Waals surface area contributed by atoms with Crippen molar-refractivity contribution in [2.24, 2.45) is 0 Å². The summed E-state index contributed by atoms with van der Waals surface area (Å²) in [7, 11) is 0. The number of hydrogen-bond donors (Lipinski definition) is 1. The highest BCUT2D eigenvalue weighted by Gasteiger charge is 2.25. The summed E-state index contributed by atoms with van der Waals surface area (Å²) in [6, 6.07) is 7.19. The number of carbonyl (C=O) groups excluding carboxylic acids is 2. The molecule has 1 fully saturated rings. The third-order valence-corrected chi connectivity index (χ3v) is 6.36. The van der Waals surface area contributed by atoms with E-state index in [1.54, 1.807) is 36.1 Å². The molecule has 4 rings (SSSR count). The van der Waals surface area contributed by atoms with Gasteiger partial charge in [-0.2, -0.15) is 4.98 Å². The zero-order valence-electron chi connectivity index (χ0n) is 21.8. The van der Waals surface area contributed by atoms with Crippen LogP contribution in [0, 0.1) is 5.82 Å². The lowest BCUT2D eigenvalue weighted by Crippen LogP contribution is -2.48. The van der Waals surface area contributed by atoms with Crippen LogP contribution in [0.5, 0.6) is 5.75 Å². The highest BCUT2D eigenvalue weighted by atomic mass is 19.1. The normalized spacial score (nSPS) is 15.2. The SMILES string of the molecule is CCCc1nc(-c2ccc(OCCCN3CCCN(C(=O)[C@H](C)NC(=O)c4ccco4)CC3)cc2F)no1. The van der Waals surface area contributed by atoms with E-state index in [0.29, 0.717) is 37.8 Å². The van der Waals surface area contributed by atoms with Crippen molar-refractivity contribution in [3.05, 3.63) is 54.1 Å². The smallest absolute Gasteiger partial charge is 0.287 e. The average Bonchev–Trinajstić information content (AvgIpc) is 3.55. The summed E-state index contributed by atoms with van der Waals surface area (Å²) in [5.74, 6) is 0.385. The number of nitrogens with one attached hydrogen (secondary N) is 1. The number of carbonyl (C=O) groups is 2. The molecule has 3 heterocycles. The van der Waals surface area contributed by atoms with Crippen LogP contribution >= 0.6 is 0 Å². The van der Waals surface area contributed by atoms with Gasteiger partial charge in [0.25, 0.3) is 5.91 Å². The molecular weight excluding hydrogens is 493 g/mol. The maximum Gasteiger partial charge on any atom is 0.287 e. The van der Waals surface area contributed by atoms with Crippen molar-refractivity contribution < 1.29 is 27.7 Å². The summed E-state index contributed by atoms with van der Waals surface area (Å²) in [4.78, 5) is 33.3. The molecule has 10 nitrogen and oxygen atoms in total. The third-order valence-electron chi connectivity index (χ3n) is 6.36. The number of amides is 2. The van der Waals surface area contributed by atoms with Crippen molar-refractivity contribution in [1.29, 1.82) is 0 Å². The average molecular weight is 528 g/mol. The van der Waals surface area contributed by atoms with E-state index in [1.165, 1.54) is 12.3 Å². The summed E-state index contributed by atoms with van der Waals surface area (Å²) >= 11 is 0. The van der Waals surface area contributed by atoms with Gasteiger partial charge in [0.15, 0.2) is 5.76 Å². The molecular formula is C27H34FN5O5. The molecule has 1 saturated heterocycles. The Balaban J connectivity index is 1.18. The first-order valence-corrected chi connectivity index (χ1v) is 13.1. The van der Waals surface area contributed by atoms with Crippen molar-refractivity contribution in [1.82, 2.24) is 25.3 Å². The molecule has 0 spiro atoms. The van der Waals surface area contributed by atoms with Crippen LogP contribution in [0.2, 0.25) is 0 Å². The molecule has 1 atom stereocenters. The van der Waals surface area contributed by atoms with Crippen molar-refractivity contribution in [2.75, 3.05) is 39.3 Å². The fraction of sp³-hybridized carbons (Fsp3) is 0.481. The fourth-order valence-electron chi connectivity index (χ4n) is 4.35. The Morgan fingerprint density at radius 3 is 2.84 bits per heavy atom. The van der Waals surface area contributed by atoms with Gasteiger partial charge in [0, 0.05) is 38.7 Å². The Morgan fingerprint density at radius 2 is 2.08 bits per heavy atom. The van der Waals surface area contributed by atoms with Gasteiger partial charge < -0.3 is 28.8 Å². The van der Waals surface area contributed by atoms with Crippen molar-refractivity contribution in [3.8, 4) is 17.1 Å². The van der Waals surface area contributed by atoms with E-state index in [4.69, 9.17) is 13.7 Å². The topological polar surface area (TPSA) is 114 Å². The second kappa shape index (κ2) is 13.2. The van der Waals surface area contributed by atoms with Crippen molar-refractivity contribution >= 4 is 11.8 Å². The molecule has 204 valence electrons. The minimum atomic E-state index is -0.641. The third kappa shape index (κ3) is 7.18. The first-order chi connectivity index (χ1) is 18.4. The van der Waals surface area contributed by atoms with Crippen LogP contribution in [0.3, 0.4) is 0 Å². The van der Waals surface area contributed by atoms with E-state index in [9.17, 15) is 14.0 Å². The second-order valence-corrected chi connectivity index (χ2v) is 9.30. The molecule has 0 bridgehead atoms. The highest BCUT2D eigenvalue weighted by molar-refractivity contribution is 5.95. The predicted molar refractivity (Wildman–Crippen MR) is 137 cm³/mol. The summed E-state index contributed by atoms with van der Waals surface area (Å²) in [6.45, 7) is 7.76. The Hall–Kier alpha value is -3.73. The maximum absolute atomic E-state index is 14.6. The number of furan rings is 1. The molecule has 0 aliphatic carbocycles. The number of halogens is 1. The molecule has 2 amide bonds. The molecule has 11 heteroatoms.